The average molecular weight is 284 g/mol. The van der Waals surface area contributed by atoms with E-state index in [2.05, 4.69) is 18.0 Å². The van der Waals surface area contributed by atoms with Gasteiger partial charge in [0.05, 0.1) is 6.61 Å². The molecule has 0 atom stereocenters. The standard InChI is InChI=1S/C15H22ClNO2/c1-2-3-14-8-13(10-16)9-15(17-14)19-11-12-4-6-18-7-5-12/h8-9,12H,2-7,10-11H2,1H3. The van der Waals surface area contributed by atoms with Gasteiger partial charge < -0.3 is 9.47 Å². The first kappa shape index (κ1) is 14.6. The lowest BCUT2D eigenvalue weighted by Gasteiger charge is -2.22. The number of halogens is 1. The van der Waals surface area contributed by atoms with Crippen LogP contribution in [-0.4, -0.2) is 24.8 Å². The number of ether oxygens (including phenoxy) is 2. The molecule has 1 aliphatic rings. The molecule has 0 N–H and O–H groups in total. The molecule has 0 aromatic carbocycles. The van der Waals surface area contributed by atoms with Gasteiger partial charge in [-0.25, -0.2) is 4.98 Å². The molecule has 3 nitrogen and oxygen atoms in total. The highest BCUT2D eigenvalue weighted by atomic mass is 35.5. The van der Waals surface area contributed by atoms with Gasteiger partial charge in [-0.15, -0.1) is 11.6 Å². The minimum atomic E-state index is 0.507. The quantitative estimate of drug-likeness (QED) is 0.748. The van der Waals surface area contributed by atoms with Crippen molar-refractivity contribution < 1.29 is 9.47 Å². The van der Waals surface area contributed by atoms with Crippen LogP contribution in [0.4, 0.5) is 0 Å². The molecule has 4 heteroatoms. The Morgan fingerprint density at radius 1 is 1.37 bits per heavy atom. The summed E-state index contributed by atoms with van der Waals surface area (Å²) in [7, 11) is 0. The third-order valence-electron chi connectivity index (χ3n) is 3.38. The number of aromatic nitrogens is 1. The van der Waals surface area contributed by atoms with Crippen LogP contribution in [0.2, 0.25) is 0 Å². The molecular formula is C15H22ClNO2. The molecule has 0 bridgehead atoms. The van der Waals surface area contributed by atoms with Crippen molar-refractivity contribution in [2.45, 2.75) is 38.5 Å². The summed E-state index contributed by atoms with van der Waals surface area (Å²) in [5.74, 6) is 1.81. The van der Waals surface area contributed by atoms with Crippen LogP contribution in [-0.2, 0) is 17.0 Å². The highest BCUT2D eigenvalue weighted by Crippen LogP contribution is 2.19. The summed E-state index contributed by atoms with van der Waals surface area (Å²) in [6.07, 6.45) is 4.21. The summed E-state index contributed by atoms with van der Waals surface area (Å²) in [6.45, 7) is 4.58. The number of rotatable bonds is 6. The second kappa shape index (κ2) is 7.71. The van der Waals surface area contributed by atoms with Gasteiger partial charge in [0, 0.05) is 30.9 Å². The number of aryl methyl sites for hydroxylation is 1. The Bertz CT molecular complexity index is 392. The molecule has 1 aromatic heterocycles. The maximum atomic E-state index is 5.92. The molecule has 1 aromatic rings. The lowest BCUT2D eigenvalue weighted by atomic mass is 10.0. The third kappa shape index (κ3) is 4.66. The maximum absolute atomic E-state index is 5.92. The first-order chi connectivity index (χ1) is 9.31. The Morgan fingerprint density at radius 2 is 2.16 bits per heavy atom. The van der Waals surface area contributed by atoms with Gasteiger partial charge >= 0.3 is 0 Å². The van der Waals surface area contributed by atoms with Gasteiger partial charge in [0.1, 0.15) is 0 Å². The Balaban J connectivity index is 1.95. The van der Waals surface area contributed by atoms with Crippen molar-refractivity contribution in [3.63, 3.8) is 0 Å². The Labute approximate surface area is 120 Å². The smallest absolute Gasteiger partial charge is 0.213 e. The lowest BCUT2D eigenvalue weighted by molar-refractivity contribution is 0.0490. The van der Waals surface area contributed by atoms with E-state index in [1.807, 2.05) is 6.07 Å². The lowest BCUT2D eigenvalue weighted by Crippen LogP contribution is -2.21. The highest BCUT2D eigenvalue weighted by Gasteiger charge is 2.15. The van der Waals surface area contributed by atoms with Crippen LogP contribution < -0.4 is 4.74 Å². The SMILES string of the molecule is CCCc1cc(CCl)cc(OCC2CCOCC2)n1. The van der Waals surface area contributed by atoms with Gasteiger partial charge in [-0.1, -0.05) is 13.3 Å². The van der Waals surface area contributed by atoms with Crippen molar-refractivity contribution in [1.29, 1.82) is 0 Å². The van der Waals surface area contributed by atoms with Crippen molar-refractivity contribution in [2.75, 3.05) is 19.8 Å². The van der Waals surface area contributed by atoms with Crippen LogP contribution in [0.15, 0.2) is 12.1 Å². The molecule has 0 unspecified atom stereocenters. The van der Waals surface area contributed by atoms with Crippen LogP contribution >= 0.6 is 11.6 Å². The van der Waals surface area contributed by atoms with Crippen molar-refractivity contribution >= 4 is 11.6 Å². The second-order valence-electron chi connectivity index (χ2n) is 5.06. The van der Waals surface area contributed by atoms with Crippen molar-refractivity contribution in [1.82, 2.24) is 4.98 Å². The molecule has 0 amide bonds. The topological polar surface area (TPSA) is 31.4 Å². The van der Waals surface area contributed by atoms with Gasteiger partial charge in [0.15, 0.2) is 0 Å². The van der Waals surface area contributed by atoms with E-state index in [9.17, 15) is 0 Å². The molecule has 1 aliphatic heterocycles. The fourth-order valence-corrected chi connectivity index (χ4v) is 2.43. The van der Waals surface area contributed by atoms with Gasteiger partial charge in [0.2, 0.25) is 5.88 Å². The van der Waals surface area contributed by atoms with Crippen LogP contribution in [0, 0.1) is 5.92 Å². The van der Waals surface area contributed by atoms with Crippen molar-refractivity contribution in [3.05, 3.63) is 23.4 Å². The summed E-state index contributed by atoms with van der Waals surface area (Å²) in [6, 6.07) is 4.02. The molecule has 2 heterocycles. The van der Waals surface area contributed by atoms with Crippen LogP contribution in [0.5, 0.6) is 5.88 Å². The fraction of sp³-hybridized carbons (Fsp3) is 0.667. The van der Waals surface area contributed by atoms with Crippen molar-refractivity contribution in [3.8, 4) is 5.88 Å². The third-order valence-corrected chi connectivity index (χ3v) is 3.69. The number of pyridine rings is 1. The van der Waals surface area contributed by atoms with E-state index in [1.165, 1.54) is 0 Å². The first-order valence-electron chi connectivity index (χ1n) is 7.08. The number of nitrogens with zero attached hydrogens (tertiary/aromatic N) is 1. The molecule has 1 fully saturated rings. The number of hydrogen-bond donors (Lipinski definition) is 0. The predicted octanol–water partition coefficient (Wildman–Crippen LogP) is 3.58. The average Bonchev–Trinajstić information content (AvgIpc) is 2.46. The molecule has 0 spiro atoms. The summed E-state index contributed by atoms with van der Waals surface area (Å²) in [5.41, 5.74) is 2.16. The summed E-state index contributed by atoms with van der Waals surface area (Å²) in [5, 5.41) is 0. The zero-order valence-electron chi connectivity index (χ0n) is 11.5. The van der Waals surface area contributed by atoms with E-state index in [0.717, 1.165) is 56.8 Å². The largest absolute Gasteiger partial charge is 0.477 e. The van der Waals surface area contributed by atoms with E-state index in [1.54, 1.807) is 0 Å². The molecule has 1 saturated heterocycles. The maximum Gasteiger partial charge on any atom is 0.213 e. The second-order valence-corrected chi connectivity index (χ2v) is 5.32. The Morgan fingerprint density at radius 3 is 2.84 bits per heavy atom. The minimum Gasteiger partial charge on any atom is -0.477 e. The van der Waals surface area contributed by atoms with E-state index >= 15 is 0 Å². The van der Waals surface area contributed by atoms with E-state index in [-0.39, 0.29) is 0 Å². The first-order valence-corrected chi connectivity index (χ1v) is 7.61. The number of alkyl halides is 1. The number of hydrogen-bond acceptors (Lipinski definition) is 3. The molecule has 0 saturated carbocycles. The summed E-state index contributed by atoms with van der Waals surface area (Å²) >= 11 is 5.92. The van der Waals surface area contributed by atoms with Gasteiger partial charge in [-0.3, -0.25) is 0 Å². The molecule has 19 heavy (non-hydrogen) atoms. The van der Waals surface area contributed by atoms with Gasteiger partial charge in [-0.2, -0.15) is 0 Å². The highest BCUT2D eigenvalue weighted by molar-refractivity contribution is 6.17. The van der Waals surface area contributed by atoms with E-state index < -0.39 is 0 Å². The van der Waals surface area contributed by atoms with E-state index in [0.29, 0.717) is 17.7 Å². The Hall–Kier alpha value is -0.800. The van der Waals surface area contributed by atoms with Crippen LogP contribution in [0.3, 0.4) is 0 Å². The van der Waals surface area contributed by atoms with Gasteiger partial charge in [-0.05, 0) is 36.8 Å². The molecular weight excluding hydrogens is 262 g/mol. The molecule has 106 valence electrons. The predicted molar refractivity (Wildman–Crippen MR) is 76.8 cm³/mol. The molecule has 2 rings (SSSR count). The molecule has 0 aliphatic carbocycles. The zero-order chi connectivity index (χ0) is 13.5. The summed E-state index contributed by atoms with van der Waals surface area (Å²) < 4.78 is 11.2. The van der Waals surface area contributed by atoms with Crippen molar-refractivity contribution in [2.24, 2.45) is 5.92 Å². The summed E-state index contributed by atoms with van der Waals surface area (Å²) in [4.78, 5) is 4.54. The monoisotopic (exact) mass is 283 g/mol. The zero-order valence-corrected chi connectivity index (χ0v) is 12.3. The molecule has 0 radical (unpaired) electrons. The Kier molecular flexibility index (Phi) is 5.93. The van der Waals surface area contributed by atoms with Gasteiger partial charge in [0.25, 0.3) is 0 Å². The van der Waals surface area contributed by atoms with Crippen LogP contribution in [0.1, 0.15) is 37.4 Å². The fourth-order valence-electron chi connectivity index (χ4n) is 2.27. The minimum absolute atomic E-state index is 0.507. The van der Waals surface area contributed by atoms with Crippen LogP contribution in [0.25, 0.3) is 0 Å². The van der Waals surface area contributed by atoms with E-state index in [4.69, 9.17) is 21.1 Å². The normalized spacial score (nSPS) is 16.5.